The molecule has 0 saturated carbocycles. The van der Waals surface area contributed by atoms with Crippen molar-refractivity contribution < 1.29 is 17.9 Å². The number of hydrogen-bond donors (Lipinski definition) is 1. The Balaban J connectivity index is 2.58. The number of ether oxygens (including phenoxy) is 1. The number of hydrogen-bond acceptors (Lipinski definition) is 5. The van der Waals surface area contributed by atoms with E-state index in [9.17, 15) is 13.2 Å². The molecular formula is C11H14ClNO4S. The molecule has 1 aromatic carbocycles. The topological polar surface area (TPSA) is 86.5 Å². The molecule has 5 nitrogen and oxygen atoms in total. The summed E-state index contributed by atoms with van der Waals surface area (Å²) in [4.78, 5) is 11.6. The number of halogens is 1. The zero-order chi connectivity index (χ0) is 13.8. The quantitative estimate of drug-likeness (QED) is 0.656. The molecule has 0 aliphatic heterocycles. The van der Waals surface area contributed by atoms with Crippen LogP contribution in [0.3, 0.4) is 0 Å². The van der Waals surface area contributed by atoms with Crippen molar-refractivity contribution in [3.63, 3.8) is 0 Å². The number of carbonyl (C=O) groups excluding carboxylic acids is 1. The van der Waals surface area contributed by atoms with Crippen molar-refractivity contribution in [2.24, 2.45) is 0 Å². The predicted octanol–water partition coefficient (Wildman–Crippen LogP) is 1.51. The van der Waals surface area contributed by atoms with Crippen LogP contribution >= 0.6 is 11.6 Å². The fourth-order valence-electron chi connectivity index (χ4n) is 1.16. The van der Waals surface area contributed by atoms with Gasteiger partial charge in [-0.3, -0.25) is 0 Å². The average molecular weight is 292 g/mol. The summed E-state index contributed by atoms with van der Waals surface area (Å²) < 4.78 is 27.2. The molecule has 0 spiro atoms. The highest BCUT2D eigenvalue weighted by atomic mass is 35.5. The van der Waals surface area contributed by atoms with Gasteiger partial charge in [-0.2, -0.15) is 0 Å². The molecule has 0 unspecified atom stereocenters. The number of nitrogen functional groups attached to an aromatic ring is 1. The van der Waals surface area contributed by atoms with Gasteiger partial charge in [0.25, 0.3) is 0 Å². The van der Waals surface area contributed by atoms with Gasteiger partial charge in [-0.25, -0.2) is 13.2 Å². The van der Waals surface area contributed by atoms with Crippen molar-refractivity contribution in [1.29, 1.82) is 0 Å². The fourth-order valence-corrected chi connectivity index (χ4v) is 1.90. The van der Waals surface area contributed by atoms with E-state index in [4.69, 9.17) is 22.1 Å². The molecule has 0 aliphatic carbocycles. The van der Waals surface area contributed by atoms with Gasteiger partial charge >= 0.3 is 5.97 Å². The lowest BCUT2D eigenvalue weighted by atomic mass is 10.2. The molecule has 0 atom stereocenters. The third-order valence-electron chi connectivity index (χ3n) is 2.30. The lowest BCUT2D eigenvalue weighted by molar-refractivity contribution is 0.0529. The van der Waals surface area contributed by atoms with Crippen LogP contribution in [0.4, 0.5) is 5.69 Å². The van der Waals surface area contributed by atoms with Crippen LogP contribution in [-0.4, -0.2) is 32.5 Å². The molecular weight excluding hydrogens is 278 g/mol. The molecule has 2 N–H and O–H groups in total. The highest BCUT2D eigenvalue weighted by Gasteiger charge is 2.12. The predicted molar refractivity (Wildman–Crippen MR) is 70.5 cm³/mol. The molecule has 0 radical (unpaired) electrons. The maximum Gasteiger partial charge on any atom is 0.338 e. The number of benzene rings is 1. The largest absolute Gasteiger partial charge is 0.461 e. The van der Waals surface area contributed by atoms with Crippen molar-refractivity contribution in [1.82, 2.24) is 0 Å². The number of nitrogens with two attached hydrogens (primary N) is 1. The monoisotopic (exact) mass is 291 g/mol. The van der Waals surface area contributed by atoms with E-state index in [2.05, 4.69) is 0 Å². The third-order valence-corrected chi connectivity index (χ3v) is 4.31. The highest BCUT2D eigenvalue weighted by molar-refractivity contribution is 7.91. The zero-order valence-corrected chi connectivity index (χ0v) is 11.4. The SMILES string of the molecule is CCS(=O)(=O)CCOC(=O)c1ccc(Cl)c(N)c1. The maximum atomic E-state index is 11.6. The fraction of sp³-hybridized carbons (Fsp3) is 0.364. The van der Waals surface area contributed by atoms with Crippen LogP contribution in [0.15, 0.2) is 18.2 Å². The van der Waals surface area contributed by atoms with Gasteiger partial charge in [-0.05, 0) is 18.2 Å². The van der Waals surface area contributed by atoms with Crippen molar-refractivity contribution in [3.05, 3.63) is 28.8 Å². The Kier molecular flexibility index (Phi) is 4.98. The van der Waals surface area contributed by atoms with Crippen molar-refractivity contribution in [3.8, 4) is 0 Å². The van der Waals surface area contributed by atoms with Crippen LogP contribution in [0, 0.1) is 0 Å². The molecule has 100 valence electrons. The van der Waals surface area contributed by atoms with Crippen molar-refractivity contribution >= 4 is 33.1 Å². The van der Waals surface area contributed by atoms with E-state index in [0.29, 0.717) is 5.02 Å². The van der Waals surface area contributed by atoms with Gasteiger partial charge in [0.05, 0.1) is 22.0 Å². The van der Waals surface area contributed by atoms with Crippen LogP contribution in [0.25, 0.3) is 0 Å². The lowest BCUT2D eigenvalue weighted by Gasteiger charge is -2.06. The average Bonchev–Trinajstić information content (AvgIpc) is 2.32. The molecule has 0 aromatic heterocycles. The normalized spacial score (nSPS) is 11.2. The first-order valence-corrected chi connectivity index (χ1v) is 7.48. The van der Waals surface area contributed by atoms with Crippen LogP contribution < -0.4 is 5.73 Å². The second-order valence-corrected chi connectivity index (χ2v) is 6.49. The molecule has 0 bridgehead atoms. The van der Waals surface area contributed by atoms with Crippen LogP contribution in [0.1, 0.15) is 17.3 Å². The molecule has 1 rings (SSSR count). The summed E-state index contributed by atoms with van der Waals surface area (Å²) in [6.45, 7) is 1.37. The van der Waals surface area contributed by atoms with Gasteiger partial charge in [-0.1, -0.05) is 18.5 Å². The van der Waals surface area contributed by atoms with Crippen LogP contribution in [0.5, 0.6) is 0 Å². The van der Waals surface area contributed by atoms with Gasteiger partial charge in [-0.15, -0.1) is 0 Å². The van der Waals surface area contributed by atoms with Gasteiger partial charge in [0.1, 0.15) is 6.61 Å². The number of carbonyl (C=O) groups is 1. The number of esters is 1. The summed E-state index contributed by atoms with van der Waals surface area (Å²) in [5.41, 5.74) is 6.05. The van der Waals surface area contributed by atoms with Crippen molar-refractivity contribution in [2.45, 2.75) is 6.92 Å². The molecule has 0 aliphatic rings. The smallest absolute Gasteiger partial charge is 0.338 e. The lowest BCUT2D eigenvalue weighted by Crippen LogP contribution is -2.17. The standard InChI is InChI=1S/C11H14ClNO4S/c1-2-18(15,16)6-5-17-11(14)8-3-4-9(12)10(13)7-8/h3-4,7H,2,5-6,13H2,1H3. The number of sulfone groups is 1. The molecule has 0 heterocycles. The molecule has 0 saturated heterocycles. The Morgan fingerprint density at radius 1 is 1.44 bits per heavy atom. The Morgan fingerprint density at radius 3 is 2.67 bits per heavy atom. The minimum absolute atomic E-state index is 0.0262. The third kappa shape index (κ3) is 4.19. The first-order chi connectivity index (χ1) is 8.35. The van der Waals surface area contributed by atoms with Crippen LogP contribution in [-0.2, 0) is 14.6 Å². The van der Waals surface area contributed by atoms with Gasteiger partial charge in [0.2, 0.25) is 0 Å². The molecule has 18 heavy (non-hydrogen) atoms. The van der Waals surface area contributed by atoms with Crippen molar-refractivity contribution in [2.75, 3.05) is 23.8 Å². The number of anilines is 1. The van der Waals surface area contributed by atoms with Gasteiger partial charge in [0.15, 0.2) is 9.84 Å². The molecule has 7 heteroatoms. The summed E-state index contributed by atoms with van der Waals surface area (Å²) in [6, 6.07) is 4.34. The summed E-state index contributed by atoms with van der Waals surface area (Å²) >= 11 is 5.71. The molecule has 0 amide bonds. The second-order valence-electron chi connectivity index (χ2n) is 3.61. The molecule has 0 fully saturated rings. The van der Waals surface area contributed by atoms with E-state index in [0.717, 1.165) is 0 Å². The summed E-state index contributed by atoms with van der Waals surface area (Å²) in [5, 5.41) is 0.347. The van der Waals surface area contributed by atoms with Gasteiger partial charge in [0, 0.05) is 5.75 Å². The van der Waals surface area contributed by atoms with Gasteiger partial charge < -0.3 is 10.5 Å². The first-order valence-electron chi connectivity index (χ1n) is 5.28. The molecule has 1 aromatic rings. The van der Waals surface area contributed by atoms with E-state index in [1.54, 1.807) is 0 Å². The first kappa shape index (κ1) is 14.8. The van der Waals surface area contributed by atoms with E-state index >= 15 is 0 Å². The summed E-state index contributed by atoms with van der Waals surface area (Å²) in [5.74, 6) is -0.777. The van der Waals surface area contributed by atoms with E-state index < -0.39 is 15.8 Å². The van der Waals surface area contributed by atoms with E-state index in [-0.39, 0.29) is 29.4 Å². The summed E-state index contributed by atoms with van der Waals surface area (Å²) in [7, 11) is -3.14. The maximum absolute atomic E-state index is 11.6. The Hall–Kier alpha value is -1.27. The minimum atomic E-state index is -3.14. The minimum Gasteiger partial charge on any atom is -0.461 e. The summed E-state index contributed by atoms with van der Waals surface area (Å²) in [6.07, 6.45) is 0. The van der Waals surface area contributed by atoms with Crippen LogP contribution in [0.2, 0.25) is 5.02 Å². The number of rotatable bonds is 5. The van der Waals surface area contributed by atoms with E-state index in [1.807, 2.05) is 0 Å². The highest BCUT2D eigenvalue weighted by Crippen LogP contribution is 2.19. The second kappa shape index (κ2) is 6.06. The van der Waals surface area contributed by atoms with E-state index in [1.165, 1.54) is 25.1 Å². The Bertz CT molecular complexity index is 542. The zero-order valence-electron chi connectivity index (χ0n) is 9.85. The Morgan fingerprint density at radius 2 is 2.11 bits per heavy atom. The Labute approximate surface area is 111 Å².